The Morgan fingerprint density at radius 3 is 2.86 bits per heavy atom. The fraction of sp³-hybridized carbons (Fsp3) is 0.0667. The highest BCUT2D eigenvalue weighted by Crippen LogP contribution is 2.27. The fourth-order valence-corrected chi connectivity index (χ4v) is 2.93. The van der Waals surface area contributed by atoms with E-state index in [1.54, 1.807) is 16.7 Å². The highest BCUT2D eigenvalue weighted by atomic mass is 127. The van der Waals surface area contributed by atoms with Crippen molar-refractivity contribution in [3.05, 3.63) is 57.2 Å². The molecule has 0 aliphatic rings. The van der Waals surface area contributed by atoms with Crippen molar-refractivity contribution in [1.82, 2.24) is 9.55 Å². The summed E-state index contributed by atoms with van der Waals surface area (Å²) in [6.07, 6.45) is 0. The molecule has 0 saturated heterocycles. The molecule has 0 N–H and O–H groups in total. The van der Waals surface area contributed by atoms with Crippen LogP contribution in [0.15, 0.2) is 36.4 Å². The summed E-state index contributed by atoms with van der Waals surface area (Å²) in [4.78, 5) is 4.47. The smallest absolute Gasteiger partial charge is 0.143 e. The Hall–Kier alpha value is -1.65. The largest absolute Gasteiger partial charge is 0.294 e. The highest BCUT2D eigenvalue weighted by molar-refractivity contribution is 14.1. The monoisotopic (exact) mass is 411 g/mol. The van der Waals surface area contributed by atoms with Crippen molar-refractivity contribution < 1.29 is 4.39 Å². The molecule has 21 heavy (non-hydrogen) atoms. The van der Waals surface area contributed by atoms with Gasteiger partial charge in [-0.25, -0.2) is 9.37 Å². The third-order valence-electron chi connectivity index (χ3n) is 3.15. The van der Waals surface area contributed by atoms with Gasteiger partial charge < -0.3 is 0 Å². The van der Waals surface area contributed by atoms with Crippen LogP contribution in [0, 0.1) is 20.7 Å². The van der Waals surface area contributed by atoms with Crippen LogP contribution in [-0.2, 0) is 5.88 Å². The maximum atomic E-state index is 13.9. The molecule has 3 aromatic rings. The molecular weight excluding hydrogens is 404 g/mol. The first-order valence-electron chi connectivity index (χ1n) is 6.07. The lowest BCUT2D eigenvalue weighted by atomic mass is 10.1. The third kappa shape index (κ3) is 2.39. The normalized spacial score (nSPS) is 10.8. The second kappa shape index (κ2) is 5.62. The van der Waals surface area contributed by atoms with E-state index in [2.05, 4.69) is 27.6 Å². The third-order valence-corrected chi connectivity index (χ3v) is 4.06. The second-order valence-electron chi connectivity index (χ2n) is 4.38. The molecule has 0 aliphatic carbocycles. The van der Waals surface area contributed by atoms with Gasteiger partial charge in [-0.2, -0.15) is 5.26 Å². The minimum Gasteiger partial charge on any atom is -0.294 e. The van der Waals surface area contributed by atoms with Crippen molar-refractivity contribution in [2.45, 2.75) is 5.88 Å². The Morgan fingerprint density at radius 1 is 1.33 bits per heavy atom. The summed E-state index contributed by atoms with van der Waals surface area (Å²) in [5, 5.41) is 9.22. The summed E-state index contributed by atoms with van der Waals surface area (Å²) < 4.78 is 16.6. The van der Waals surface area contributed by atoms with Gasteiger partial charge in [-0.05, 0) is 52.9 Å². The van der Waals surface area contributed by atoms with Gasteiger partial charge in [-0.15, -0.1) is 11.6 Å². The number of fused-ring (bicyclic) bond motifs is 1. The first kappa shape index (κ1) is 14.3. The summed E-state index contributed by atoms with van der Waals surface area (Å²) in [5.74, 6) is 0.200. The van der Waals surface area contributed by atoms with Gasteiger partial charge in [-0.1, -0.05) is 6.07 Å². The minimum atomic E-state index is -0.553. The predicted molar refractivity (Wildman–Crippen MR) is 88.0 cm³/mol. The lowest BCUT2D eigenvalue weighted by molar-refractivity contribution is 0.622. The van der Waals surface area contributed by atoms with E-state index < -0.39 is 5.82 Å². The SMILES string of the molecule is N#Cc1c(F)cccc1-n1c(CCl)nc2cc(I)ccc21. The Bertz CT molecular complexity index is 882. The van der Waals surface area contributed by atoms with Crippen LogP contribution in [0.4, 0.5) is 4.39 Å². The molecule has 3 nitrogen and oxygen atoms in total. The van der Waals surface area contributed by atoms with E-state index in [1.807, 2.05) is 24.3 Å². The lowest BCUT2D eigenvalue weighted by Gasteiger charge is -2.10. The molecule has 104 valence electrons. The topological polar surface area (TPSA) is 41.6 Å². The van der Waals surface area contributed by atoms with Gasteiger partial charge in [0.15, 0.2) is 0 Å². The molecule has 0 bridgehead atoms. The quantitative estimate of drug-likeness (QED) is 0.464. The van der Waals surface area contributed by atoms with Crippen LogP contribution in [0.1, 0.15) is 11.4 Å². The molecule has 0 saturated carbocycles. The Labute approximate surface area is 139 Å². The number of benzene rings is 2. The van der Waals surface area contributed by atoms with Crippen molar-refractivity contribution in [1.29, 1.82) is 5.26 Å². The average molecular weight is 412 g/mol. The summed E-state index contributed by atoms with van der Waals surface area (Å²) in [6.45, 7) is 0. The maximum absolute atomic E-state index is 13.9. The van der Waals surface area contributed by atoms with Crippen LogP contribution in [0.2, 0.25) is 0 Å². The van der Waals surface area contributed by atoms with Gasteiger partial charge in [0.25, 0.3) is 0 Å². The molecular formula is C15H8ClFIN3. The van der Waals surface area contributed by atoms with E-state index in [-0.39, 0.29) is 11.4 Å². The number of hydrogen-bond acceptors (Lipinski definition) is 2. The highest BCUT2D eigenvalue weighted by Gasteiger charge is 2.16. The molecule has 1 aromatic heterocycles. The molecule has 0 aliphatic heterocycles. The van der Waals surface area contributed by atoms with Crippen LogP contribution >= 0.6 is 34.2 Å². The lowest BCUT2D eigenvalue weighted by Crippen LogP contribution is -2.03. The van der Waals surface area contributed by atoms with Crippen molar-refractivity contribution in [2.24, 2.45) is 0 Å². The predicted octanol–water partition coefficient (Wildman–Crippen LogP) is 4.38. The number of rotatable bonds is 2. The van der Waals surface area contributed by atoms with E-state index in [0.29, 0.717) is 11.5 Å². The molecule has 0 spiro atoms. The summed E-state index contributed by atoms with van der Waals surface area (Å²) in [6, 6.07) is 12.2. The summed E-state index contributed by atoms with van der Waals surface area (Å²) in [5.41, 5.74) is 2.01. The zero-order valence-electron chi connectivity index (χ0n) is 10.6. The van der Waals surface area contributed by atoms with Gasteiger partial charge in [0, 0.05) is 3.57 Å². The summed E-state index contributed by atoms with van der Waals surface area (Å²) in [7, 11) is 0. The number of hydrogen-bond donors (Lipinski definition) is 0. The maximum Gasteiger partial charge on any atom is 0.143 e. The number of aromatic nitrogens is 2. The Morgan fingerprint density at radius 2 is 2.14 bits per heavy atom. The molecule has 0 radical (unpaired) electrons. The Balaban J connectivity index is 2.40. The van der Waals surface area contributed by atoms with E-state index in [0.717, 1.165) is 14.6 Å². The minimum absolute atomic E-state index is 0.0123. The van der Waals surface area contributed by atoms with Crippen LogP contribution in [-0.4, -0.2) is 9.55 Å². The van der Waals surface area contributed by atoms with Crippen LogP contribution in [0.25, 0.3) is 16.7 Å². The zero-order valence-corrected chi connectivity index (χ0v) is 13.6. The average Bonchev–Trinajstić information content (AvgIpc) is 2.84. The van der Waals surface area contributed by atoms with E-state index in [9.17, 15) is 9.65 Å². The zero-order chi connectivity index (χ0) is 15.0. The van der Waals surface area contributed by atoms with Gasteiger partial charge >= 0.3 is 0 Å². The Kier molecular flexibility index (Phi) is 3.83. The van der Waals surface area contributed by atoms with Gasteiger partial charge in [0.1, 0.15) is 23.3 Å². The second-order valence-corrected chi connectivity index (χ2v) is 5.89. The molecule has 0 fully saturated rings. The van der Waals surface area contributed by atoms with Gasteiger partial charge in [0.05, 0.1) is 22.6 Å². The van der Waals surface area contributed by atoms with Crippen molar-refractivity contribution in [2.75, 3.05) is 0 Å². The first-order valence-corrected chi connectivity index (χ1v) is 7.69. The van der Waals surface area contributed by atoms with Gasteiger partial charge in [-0.3, -0.25) is 4.57 Å². The molecule has 3 rings (SSSR count). The number of nitriles is 1. The molecule has 0 unspecified atom stereocenters. The molecule has 0 amide bonds. The summed E-state index contributed by atoms with van der Waals surface area (Å²) >= 11 is 8.17. The molecule has 0 atom stereocenters. The number of alkyl halides is 1. The van der Waals surface area contributed by atoms with E-state index in [1.165, 1.54) is 6.07 Å². The van der Waals surface area contributed by atoms with Crippen molar-refractivity contribution in [3.8, 4) is 11.8 Å². The standard InChI is InChI=1S/C15H8ClFIN3/c16-7-15-20-12-6-9(18)4-5-14(12)21(15)13-3-1-2-11(17)10(13)8-19/h1-6H,7H2. The molecule has 1 heterocycles. The van der Waals surface area contributed by atoms with Crippen LogP contribution in [0.5, 0.6) is 0 Å². The van der Waals surface area contributed by atoms with Gasteiger partial charge in [0.2, 0.25) is 0 Å². The molecule has 2 aromatic carbocycles. The first-order chi connectivity index (χ1) is 10.2. The van der Waals surface area contributed by atoms with Crippen molar-refractivity contribution in [3.63, 3.8) is 0 Å². The van der Waals surface area contributed by atoms with E-state index >= 15 is 0 Å². The fourth-order valence-electron chi connectivity index (χ4n) is 2.27. The van der Waals surface area contributed by atoms with Crippen LogP contribution < -0.4 is 0 Å². The van der Waals surface area contributed by atoms with Crippen molar-refractivity contribution >= 4 is 45.2 Å². The molecule has 6 heteroatoms. The van der Waals surface area contributed by atoms with Crippen LogP contribution in [0.3, 0.4) is 0 Å². The number of nitrogens with zero attached hydrogens (tertiary/aromatic N) is 3. The van der Waals surface area contributed by atoms with E-state index in [4.69, 9.17) is 11.6 Å². The number of halogens is 3. The number of imidazole rings is 1.